The molecule has 1 unspecified atom stereocenters. The Bertz CT molecular complexity index is 343. The molecule has 0 aliphatic heterocycles. The molecule has 1 N–H and O–H groups in total. The Balaban J connectivity index is 2.81. The highest BCUT2D eigenvalue weighted by atomic mass is 19.2. The molecule has 96 valence electrons. The van der Waals surface area contributed by atoms with Crippen LogP contribution in [0, 0.1) is 17.5 Å². The molecule has 17 heavy (non-hydrogen) atoms. The smallest absolute Gasteiger partial charge is 0.194 e. The fraction of sp³-hybridized carbons (Fsp3) is 0.538. The molecule has 1 atom stereocenters. The third kappa shape index (κ3) is 3.73. The van der Waals surface area contributed by atoms with Crippen LogP contribution in [0.5, 0.6) is 0 Å². The van der Waals surface area contributed by atoms with Gasteiger partial charge in [0, 0.05) is 6.04 Å². The summed E-state index contributed by atoms with van der Waals surface area (Å²) in [5.74, 6) is -3.66. The molecule has 0 spiro atoms. The number of benzene rings is 1. The summed E-state index contributed by atoms with van der Waals surface area (Å²) in [7, 11) is 1.73. The van der Waals surface area contributed by atoms with Gasteiger partial charge < -0.3 is 5.32 Å². The molecule has 0 saturated carbocycles. The average molecular weight is 245 g/mol. The van der Waals surface area contributed by atoms with Crippen LogP contribution in [0.3, 0.4) is 0 Å². The fourth-order valence-electron chi connectivity index (χ4n) is 1.85. The number of hydrogen-bond donors (Lipinski definition) is 1. The molecule has 1 rings (SSSR count). The monoisotopic (exact) mass is 245 g/mol. The highest BCUT2D eigenvalue weighted by Crippen LogP contribution is 2.23. The number of unbranched alkanes of at least 4 members (excludes halogenated alkanes) is 2. The third-order valence-electron chi connectivity index (χ3n) is 2.85. The van der Waals surface area contributed by atoms with E-state index < -0.39 is 17.5 Å². The van der Waals surface area contributed by atoms with E-state index in [1.54, 1.807) is 7.05 Å². The molecule has 0 aliphatic rings. The summed E-state index contributed by atoms with van der Waals surface area (Å²) in [6.07, 6.45) is 3.92. The van der Waals surface area contributed by atoms with E-state index in [-0.39, 0.29) is 6.04 Å². The van der Waals surface area contributed by atoms with Crippen molar-refractivity contribution in [3.05, 3.63) is 35.1 Å². The van der Waals surface area contributed by atoms with Crippen molar-refractivity contribution in [2.45, 2.75) is 38.6 Å². The lowest BCUT2D eigenvalue weighted by molar-refractivity contribution is 0.437. The molecule has 1 aromatic carbocycles. The van der Waals surface area contributed by atoms with Gasteiger partial charge in [-0.1, -0.05) is 26.2 Å². The van der Waals surface area contributed by atoms with Gasteiger partial charge in [-0.2, -0.15) is 0 Å². The first kappa shape index (κ1) is 14.0. The first-order valence-electron chi connectivity index (χ1n) is 5.91. The van der Waals surface area contributed by atoms with Crippen LogP contribution in [-0.4, -0.2) is 7.05 Å². The van der Waals surface area contributed by atoms with Gasteiger partial charge in [0.05, 0.1) is 0 Å². The van der Waals surface area contributed by atoms with Gasteiger partial charge in [-0.25, -0.2) is 13.2 Å². The van der Waals surface area contributed by atoms with Gasteiger partial charge in [0.1, 0.15) is 0 Å². The Hall–Kier alpha value is -1.03. The molecule has 0 aliphatic carbocycles. The van der Waals surface area contributed by atoms with Crippen molar-refractivity contribution in [1.82, 2.24) is 5.32 Å². The standard InChI is InChI=1S/C13H18F3N/c1-3-4-5-6-12(17-2)9-7-10(14)13(16)11(15)8-9/h7-8,12,17H,3-6H2,1-2H3. The molecular weight excluding hydrogens is 227 g/mol. The summed E-state index contributed by atoms with van der Waals surface area (Å²) in [6.45, 7) is 2.09. The van der Waals surface area contributed by atoms with Crippen molar-refractivity contribution in [1.29, 1.82) is 0 Å². The molecule has 0 saturated heterocycles. The molecule has 0 bridgehead atoms. The van der Waals surface area contributed by atoms with E-state index >= 15 is 0 Å². The van der Waals surface area contributed by atoms with E-state index in [1.807, 2.05) is 0 Å². The van der Waals surface area contributed by atoms with Crippen molar-refractivity contribution >= 4 is 0 Å². The predicted molar refractivity (Wildman–Crippen MR) is 62.3 cm³/mol. The molecule has 1 aromatic rings. The zero-order valence-electron chi connectivity index (χ0n) is 10.2. The Kier molecular flexibility index (Phi) is 5.48. The van der Waals surface area contributed by atoms with Crippen molar-refractivity contribution in [2.75, 3.05) is 7.05 Å². The minimum absolute atomic E-state index is 0.133. The zero-order chi connectivity index (χ0) is 12.8. The van der Waals surface area contributed by atoms with Gasteiger partial charge in [0.25, 0.3) is 0 Å². The van der Waals surface area contributed by atoms with Gasteiger partial charge in [-0.05, 0) is 31.2 Å². The van der Waals surface area contributed by atoms with E-state index in [1.165, 1.54) is 0 Å². The number of rotatable bonds is 6. The Morgan fingerprint density at radius 3 is 2.18 bits per heavy atom. The maximum absolute atomic E-state index is 13.1. The van der Waals surface area contributed by atoms with Crippen molar-refractivity contribution in [2.24, 2.45) is 0 Å². The molecule has 0 aromatic heterocycles. The minimum atomic E-state index is -1.41. The maximum Gasteiger partial charge on any atom is 0.194 e. The second-order valence-electron chi connectivity index (χ2n) is 4.14. The number of nitrogens with one attached hydrogen (secondary N) is 1. The van der Waals surface area contributed by atoms with Crippen LogP contribution in [-0.2, 0) is 0 Å². The average Bonchev–Trinajstić information content (AvgIpc) is 2.31. The van der Waals surface area contributed by atoms with Crippen LogP contribution in [0.15, 0.2) is 12.1 Å². The highest BCUT2D eigenvalue weighted by molar-refractivity contribution is 5.22. The second kappa shape index (κ2) is 6.64. The van der Waals surface area contributed by atoms with E-state index in [2.05, 4.69) is 12.2 Å². The fourth-order valence-corrected chi connectivity index (χ4v) is 1.85. The van der Waals surface area contributed by atoms with E-state index in [0.29, 0.717) is 5.56 Å². The Labute approximate surface area is 100 Å². The maximum atomic E-state index is 13.1. The Morgan fingerprint density at radius 1 is 1.12 bits per heavy atom. The largest absolute Gasteiger partial charge is 0.313 e. The molecular formula is C13H18F3N. The first-order chi connectivity index (χ1) is 8.10. The molecule has 0 amide bonds. The third-order valence-corrected chi connectivity index (χ3v) is 2.85. The lowest BCUT2D eigenvalue weighted by atomic mass is 10.0. The quantitative estimate of drug-likeness (QED) is 0.591. The Morgan fingerprint density at radius 2 is 1.71 bits per heavy atom. The van der Waals surface area contributed by atoms with Gasteiger partial charge in [-0.15, -0.1) is 0 Å². The van der Waals surface area contributed by atoms with Gasteiger partial charge in [0.2, 0.25) is 0 Å². The van der Waals surface area contributed by atoms with E-state index in [9.17, 15) is 13.2 Å². The number of hydrogen-bond acceptors (Lipinski definition) is 1. The van der Waals surface area contributed by atoms with Gasteiger partial charge in [0.15, 0.2) is 17.5 Å². The van der Waals surface area contributed by atoms with Crippen LogP contribution in [0.4, 0.5) is 13.2 Å². The molecule has 1 nitrogen and oxygen atoms in total. The second-order valence-corrected chi connectivity index (χ2v) is 4.14. The highest BCUT2D eigenvalue weighted by Gasteiger charge is 2.15. The van der Waals surface area contributed by atoms with Crippen molar-refractivity contribution < 1.29 is 13.2 Å². The minimum Gasteiger partial charge on any atom is -0.313 e. The predicted octanol–water partition coefficient (Wildman–Crippen LogP) is 3.94. The lowest BCUT2D eigenvalue weighted by Crippen LogP contribution is -2.17. The van der Waals surface area contributed by atoms with Crippen molar-refractivity contribution in [3.63, 3.8) is 0 Å². The van der Waals surface area contributed by atoms with E-state index in [4.69, 9.17) is 0 Å². The van der Waals surface area contributed by atoms with Gasteiger partial charge >= 0.3 is 0 Å². The summed E-state index contributed by atoms with van der Waals surface area (Å²) in [5.41, 5.74) is 0.458. The van der Waals surface area contributed by atoms with Gasteiger partial charge in [-0.3, -0.25) is 0 Å². The summed E-state index contributed by atoms with van der Waals surface area (Å²) in [4.78, 5) is 0. The zero-order valence-corrected chi connectivity index (χ0v) is 10.2. The summed E-state index contributed by atoms with van der Waals surface area (Å²) in [6, 6.07) is 1.99. The normalized spacial score (nSPS) is 12.8. The molecule has 0 fully saturated rings. The molecule has 0 radical (unpaired) electrons. The van der Waals surface area contributed by atoms with E-state index in [0.717, 1.165) is 37.8 Å². The summed E-state index contributed by atoms with van der Waals surface area (Å²) in [5, 5.41) is 3.00. The molecule has 0 heterocycles. The van der Waals surface area contributed by atoms with Crippen LogP contribution in [0.1, 0.15) is 44.2 Å². The number of halogens is 3. The summed E-state index contributed by atoms with van der Waals surface area (Å²) >= 11 is 0. The summed E-state index contributed by atoms with van der Waals surface area (Å²) < 4.78 is 39.0. The van der Waals surface area contributed by atoms with Crippen LogP contribution in [0.25, 0.3) is 0 Å². The topological polar surface area (TPSA) is 12.0 Å². The lowest BCUT2D eigenvalue weighted by Gasteiger charge is -2.16. The van der Waals surface area contributed by atoms with Crippen molar-refractivity contribution in [3.8, 4) is 0 Å². The first-order valence-corrected chi connectivity index (χ1v) is 5.91. The van der Waals surface area contributed by atoms with Crippen LogP contribution in [0.2, 0.25) is 0 Å². The molecule has 4 heteroatoms. The SMILES string of the molecule is CCCCCC(NC)c1cc(F)c(F)c(F)c1. The van der Waals surface area contributed by atoms with Crippen LogP contribution < -0.4 is 5.32 Å². The van der Waals surface area contributed by atoms with Crippen LogP contribution >= 0.6 is 0 Å².